The Hall–Kier alpha value is -3.68. The van der Waals surface area contributed by atoms with Gasteiger partial charge in [-0.15, -0.1) is 0 Å². The number of aromatic nitrogens is 2. The quantitative estimate of drug-likeness (QED) is 0.577. The van der Waals surface area contributed by atoms with Crippen LogP contribution in [0.4, 0.5) is 14.5 Å². The van der Waals surface area contributed by atoms with Crippen LogP contribution >= 0.6 is 0 Å². The Morgan fingerprint density at radius 3 is 2.83 bits per heavy atom. The summed E-state index contributed by atoms with van der Waals surface area (Å²) in [5.41, 5.74) is 1.91. The number of carbonyl (C=O) groups is 1. The number of nitrogens with zero attached hydrogens (tertiary/aromatic N) is 2. The van der Waals surface area contributed by atoms with Crippen LogP contribution in [0.3, 0.4) is 0 Å². The topological polar surface area (TPSA) is 65.4 Å². The first-order chi connectivity index (χ1) is 14.0. The van der Waals surface area contributed by atoms with Gasteiger partial charge in [0.1, 0.15) is 0 Å². The maximum absolute atomic E-state index is 12.7. The number of benzene rings is 2. The highest BCUT2D eigenvalue weighted by Crippen LogP contribution is 2.33. The molecular weight excluding hydrogens is 380 g/mol. The van der Waals surface area contributed by atoms with Crippen molar-refractivity contribution in [2.24, 2.45) is 0 Å². The van der Waals surface area contributed by atoms with Gasteiger partial charge in [-0.3, -0.25) is 4.79 Å². The van der Waals surface area contributed by atoms with Gasteiger partial charge in [0.15, 0.2) is 11.5 Å². The zero-order valence-corrected chi connectivity index (χ0v) is 15.6. The molecule has 0 spiro atoms. The van der Waals surface area contributed by atoms with Crippen LogP contribution in [-0.4, -0.2) is 29.2 Å². The first-order valence-corrected chi connectivity index (χ1v) is 8.70. The zero-order chi connectivity index (χ0) is 20.6. The number of anilines is 1. The molecule has 3 rings (SSSR count). The van der Waals surface area contributed by atoms with Gasteiger partial charge < -0.3 is 19.4 Å². The van der Waals surface area contributed by atoms with Crippen molar-refractivity contribution in [3.05, 3.63) is 78.4 Å². The average Bonchev–Trinajstić information content (AvgIpc) is 3.20. The fourth-order valence-electron chi connectivity index (χ4n) is 2.73. The standard InChI is InChI=1S/C21H19F2N3O3/c1-28-18-7-3-5-16(20(18)29-21(22)23)8-9-19(27)25-17-6-2-4-15(12-17)13-26-11-10-24-14-26/h2-12,14,21H,13H2,1H3,(H,25,27). The zero-order valence-electron chi connectivity index (χ0n) is 15.6. The molecule has 2 aromatic carbocycles. The lowest BCUT2D eigenvalue weighted by molar-refractivity contribution is -0.111. The number of halogens is 2. The Bertz CT molecular complexity index is 989. The number of hydrogen-bond donors (Lipinski definition) is 1. The van der Waals surface area contributed by atoms with Crippen molar-refractivity contribution < 1.29 is 23.0 Å². The Labute approximate surface area is 166 Å². The molecule has 29 heavy (non-hydrogen) atoms. The third-order valence-corrected chi connectivity index (χ3v) is 3.97. The summed E-state index contributed by atoms with van der Waals surface area (Å²) >= 11 is 0. The number of imidazole rings is 1. The molecule has 0 radical (unpaired) electrons. The third-order valence-electron chi connectivity index (χ3n) is 3.97. The largest absolute Gasteiger partial charge is 0.493 e. The molecule has 6 nitrogen and oxygen atoms in total. The van der Waals surface area contributed by atoms with Gasteiger partial charge in [0, 0.05) is 36.3 Å². The van der Waals surface area contributed by atoms with E-state index in [0.29, 0.717) is 17.8 Å². The predicted molar refractivity (Wildman–Crippen MR) is 105 cm³/mol. The van der Waals surface area contributed by atoms with E-state index in [4.69, 9.17) is 4.74 Å². The van der Waals surface area contributed by atoms with Gasteiger partial charge in [0.05, 0.1) is 13.4 Å². The molecule has 1 amide bonds. The number of carbonyl (C=O) groups excluding carboxylic acids is 1. The van der Waals surface area contributed by atoms with E-state index in [0.717, 1.165) is 5.56 Å². The van der Waals surface area contributed by atoms with Crippen LogP contribution in [0.15, 0.2) is 67.3 Å². The van der Waals surface area contributed by atoms with E-state index >= 15 is 0 Å². The summed E-state index contributed by atoms with van der Waals surface area (Å²) in [6, 6.07) is 12.1. The summed E-state index contributed by atoms with van der Waals surface area (Å²) in [5.74, 6) is -0.382. The highest BCUT2D eigenvalue weighted by Gasteiger charge is 2.14. The van der Waals surface area contributed by atoms with Crippen LogP contribution < -0.4 is 14.8 Å². The molecular formula is C21H19F2N3O3. The molecule has 1 N–H and O–H groups in total. The van der Waals surface area contributed by atoms with E-state index in [1.54, 1.807) is 30.7 Å². The number of hydrogen-bond acceptors (Lipinski definition) is 4. The summed E-state index contributed by atoms with van der Waals surface area (Å²) in [5, 5.41) is 2.75. The molecule has 0 aliphatic rings. The molecule has 0 unspecified atom stereocenters. The monoisotopic (exact) mass is 399 g/mol. The minimum absolute atomic E-state index is 0.128. The van der Waals surface area contributed by atoms with Crippen LogP contribution in [0.1, 0.15) is 11.1 Å². The summed E-state index contributed by atoms with van der Waals surface area (Å²) in [4.78, 5) is 16.3. The summed E-state index contributed by atoms with van der Waals surface area (Å²) in [7, 11) is 1.35. The number of para-hydroxylation sites is 1. The second-order valence-corrected chi connectivity index (χ2v) is 6.02. The lowest BCUT2D eigenvalue weighted by Gasteiger charge is -2.12. The Balaban J connectivity index is 1.70. The molecule has 1 heterocycles. The summed E-state index contributed by atoms with van der Waals surface area (Å²) < 4.78 is 36.9. The van der Waals surface area contributed by atoms with Gasteiger partial charge >= 0.3 is 6.61 Å². The van der Waals surface area contributed by atoms with Crippen molar-refractivity contribution in [3.8, 4) is 11.5 Å². The number of amides is 1. The minimum Gasteiger partial charge on any atom is -0.493 e. The molecule has 0 saturated carbocycles. The van der Waals surface area contributed by atoms with Crippen molar-refractivity contribution in [3.63, 3.8) is 0 Å². The molecule has 0 saturated heterocycles. The van der Waals surface area contributed by atoms with Crippen LogP contribution in [0, 0.1) is 0 Å². The molecule has 8 heteroatoms. The van der Waals surface area contributed by atoms with E-state index < -0.39 is 12.5 Å². The fourth-order valence-corrected chi connectivity index (χ4v) is 2.73. The molecule has 0 aliphatic carbocycles. The highest BCUT2D eigenvalue weighted by molar-refractivity contribution is 6.02. The highest BCUT2D eigenvalue weighted by atomic mass is 19.3. The number of methoxy groups -OCH3 is 1. The number of rotatable bonds is 8. The number of nitrogens with one attached hydrogen (secondary N) is 1. The molecule has 0 fully saturated rings. The van der Waals surface area contributed by atoms with Crippen LogP contribution in [0.2, 0.25) is 0 Å². The first kappa shape index (κ1) is 20.1. The minimum atomic E-state index is -3.01. The lowest BCUT2D eigenvalue weighted by Crippen LogP contribution is -2.09. The van der Waals surface area contributed by atoms with E-state index in [1.165, 1.54) is 25.3 Å². The van der Waals surface area contributed by atoms with Crippen molar-refractivity contribution in [1.82, 2.24) is 9.55 Å². The van der Waals surface area contributed by atoms with Gasteiger partial charge in [0.2, 0.25) is 5.91 Å². The van der Waals surface area contributed by atoms with Crippen molar-refractivity contribution >= 4 is 17.7 Å². The van der Waals surface area contributed by atoms with Crippen LogP contribution in [0.25, 0.3) is 6.08 Å². The molecule has 150 valence electrons. The van der Waals surface area contributed by atoms with Gasteiger partial charge in [-0.1, -0.05) is 24.3 Å². The predicted octanol–water partition coefficient (Wildman–Crippen LogP) is 4.19. The normalized spacial score (nSPS) is 11.0. The van der Waals surface area contributed by atoms with Gasteiger partial charge in [-0.05, 0) is 29.8 Å². The van der Waals surface area contributed by atoms with E-state index in [1.807, 2.05) is 29.0 Å². The first-order valence-electron chi connectivity index (χ1n) is 8.70. The smallest absolute Gasteiger partial charge is 0.387 e. The third kappa shape index (κ3) is 5.65. The van der Waals surface area contributed by atoms with Crippen molar-refractivity contribution in [2.75, 3.05) is 12.4 Å². The van der Waals surface area contributed by atoms with Crippen LogP contribution in [0.5, 0.6) is 11.5 Å². The van der Waals surface area contributed by atoms with E-state index in [-0.39, 0.29) is 11.5 Å². The lowest BCUT2D eigenvalue weighted by atomic mass is 10.1. The molecule has 0 aliphatic heterocycles. The van der Waals surface area contributed by atoms with E-state index in [2.05, 4.69) is 15.0 Å². The summed E-state index contributed by atoms with van der Waals surface area (Å²) in [6.07, 6.45) is 7.89. The Morgan fingerprint density at radius 1 is 1.28 bits per heavy atom. The molecule has 3 aromatic rings. The number of alkyl halides is 2. The molecule has 0 bridgehead atoms. The maximum Gasteiger partial charge on any atom is 0.387 e. The number of ether oxygens (including phenoxy) is 2. The SMILES string of the molecule is COc1cccc(C=CC(=O)Nc2cccc(Cn3ccnc3)c2)c1OC(F)F. The van der Waals surface area contributed by atoms with Gasteiger partial charge in [-0.25, -0.2) is 4.98 Å². The Kier molecular flexibility index (Phi) is 6.57. The summed E-state index contributed by atoms with van der Waals surface area (Å²) in [6.45, 7) is -2.39. The Morgan fingerprint density at radius 2 is 2.10 bits per heavy atom. The fraction of sp³-hybridized carbons (Fsp3) is 0.143. The average molecular weight is 399 g/mol. The maximum atomic E-state index is 12.7. The second-order valence-electron chi connectivity index (χ2n) is 6.02. The van der Waals surface area contributed by atoms with Crippen molar-refractivity contribution in [2.45, 2.75) is 13.2 Å². The van der Waals surface area contributed by atoms with Gasteiger partial charge in [0.25, 0.3) is 0 Å². The molecule has 1 aromatic heterocycles. The van der Waals surface area contributed by atoms with Crippen LogP contribution in [-0.2, 0) is 11.3 Å². The van der Waals surface area contributed by atoms with Gasteiger partial charge in [-0.2, -0.15) is 8.78 Å². The molecule has 0 atom stereocenters. The van der Waals surface area contributed by atoms with E-state index in [9.17, 15) is 13.6 Å². The van der Waals surface area contributed by atoms with Crippen molar-refractivity contribution in [1.29, 1.82) is 0 Å². The second kappa shape index (κ2) is 9.50.